The van der Waals surface area contributed by atoms with Crippen LogP contribution in [0.1, 0.15) is 12.8 Å². The second-order valence-corrected chi connectivity index (χ2v) is 9.60. The van der Waals surface area contributed by atoms with E-state index in [0.29, 0.717) is 34.7 Å². The highest BCUT2D eigenvalue weighted by molar-refractivity contribution is 7.99. The van der Waals surface area contributed by atoms with E-state index < -0.39 is 21.1 Å². The highest BCUT2D eigenvalue weighted by Crippen LogP contribution is 2.21. The molecular weight excluding hydrogens is 402 g/mol. The Balaban J connectivity index is 1.61. The maximum absolute atomic E-state index is 12.9. The fourth-order valence-electron chi connectivity index (χ4n) is 3.08. The average molecular weight is 419 g/mol. The third-order valence-corrected chi connectivity index (χ3v) is 7.47. The Morgan fingerprint density at radius 2 is 2.11 bits per heavy atom. The van der Waals surface area contributed by atoms with Gasteiger partial charge in [0, 0.05) is 0 Å². The van der Waals surface area contributed by atoms with Crippen LogP contribution >= 0.6 is 11.8 Å². The number of H-pyrrole nitrogens is 1. The lowest BCUT2D eigenvalue weighted by Gasteiger charge is -2.13. The summed E-state index contributed by atoms with van der Waals surface area (Å²) in [6.07, 6.45) is 2.38. The number of benzene rings is 1. The molecule has 0 bridgehead atoms. The molecule has 28 heavy (non-hydrogen) atoms. The summed E-state index contributed by atoms with van der Waals surface area (Å²) in [5, 5.41) is 8.92. The Hall–Kier alpha value is -2.66. The maximum atomic E-state index is 12.9. The number of aromatic nitrogens is 4. The second-order valence-electron chi connectivity index (χ2n) is 6.36. The minimum absolute atomic E-state index is 0.0645. The SMILES string of the molecule is O=C(CSc1nc2[nH]ncc2c(=O)n1-c1ccccc1)N[C@H]1CCCS1(=O)=O. The molecule has 1 aromatic carbocycles. The van der Waals surface area contributed by atoms with Crippen molar-refractivity contribution in [1.29, 1.82) is 0 Å². The highest BCUT2D eigenvalue weighted by atomic mass is 32.2. The summed E-state index contributed by atoms with van der Waals surface area (Å²) >= 11 is 1.06. The average Bonchev–Trinajstić information content (AvgIpc) is 3.27. The molecule has 0 spiro atoms. The van der Waals surface area contributed by atoms with Gasteiger partial charge in [-0.05, 0) is 25.0 Å². The largest absolute Gasteiger partial charge is 0.339 e. The number of aromatic amines is 1. The lowest BCUT2D eigenvalue weighted by atomic mass is 10.3. The molecule has 1 aliphatic rings. The van der Waals surface area contributed by atoms with Crippen molar-refractivity contribution in [2.24, 2.45) is 0 Å². The molecule has 1 fully saturated rings. The van der Waals surface area contributed by atoms with Crippen molar-refractivity contribution >= 4 is 38.5 Å². The first-order valence-electron chi connectivity index (χ1n) is 8.61. The van der Waals surface area contributed by atoms with Gasteiger partial charge in [0.1, 0.15) is 10.8 Å². The normalized spacial score (nSPS) is 18.4. The van der Waals surface area contributed by atoms with E-state index in [1.807, 2.05) is 6.07 Å². The summed E-state index contributed by atoms with van der Waals surface area (Å²) in [4.78, 5) is 29.6. The van der Waals surface area contributed by atoms with Gasteiger partial charge in [0.15, 0.2) is 20.6 Å². The first kappa shape index (κ1) is 18.7. The topological polar surface area (TPSA) is 127 Å². The molecule has 0 radical (unpaired) electrons. The number of hydrogen-bond acceptors (Lipinski definition) is 7. The number of carbonyl (C=O) groups is 1. The predicted molar refractivity (Wildman–Crippen MR) is 105 cm³/mol. The van der Waals surface area contributed by atoms with Crippen molar-refractivity contribution in [2.75, 3.05) is 11.5 Å². The third-order valence-electron chi connectivity index (χ3n) is 4.45. The minimum Gasteiger partial charge on any atom is -0.339 e. The molecule has 0 aliphatic carbocycles. The Morgan fingerprint density at radius 3 is 2.82 bits per heavy atom. The van der Waals surface area contributed by atoms with Crippen molar-refractivity contribution in [3.63, 3.8) is 0 Å². The number of para-hydroxylation sites is 1. The Kier molecular flexibility index (Phi) is 4.94. The molecule has 4 rings (SSSR count). The lowest BCUT2D eigenvalue weighted by Crippen LogP contribution is -2.39. The van der Waals surface area contributed by atoms with E-state index in [1.54, 1.807) is 24.3 Å². The van der Waals surface area contributed by atoms with Gasteiger partial charge in [0.2, 0.25) is 5.91 Å². The van der Waals surface area contributed by atoms with E-state index in [4.69, 9.17) is 0 Å². The molecule has 9 nitrogen and oxygen atoms in total. The van der Waals surface area contributed by atoms with Crippen LogP contribution in [0.3, 0.4) is 0 Å². The van der Waals surface area contributed by atoms with Gasteiger partial charge >= 0.3 is 0 Å². The van der Waals surface area contributed by atoms with Crippen molar-refractivity contribution in [3.8, 4) is 5.69 Å². The van der Waals surface area contributed by atoms with Gasteiger partial charge in [-0.1, -0.05) is 30.0 Å². The summed E-state index contributed by atoms with van der Waals surface area (Å²) in [6, 6.07) is 8.97. The first-order chi connectivity index (χ1) is 13.5. The van der Waals surface area contributed by atoms with Crippen LogP contribution in [0.2, 0.25) is 0 Å². The molecule has 1 aliphatic heterocycles. The zero-order valence-electron chi connectivity index (χ0n) is 14.7. The third kappa shape index (κ3) is 3.54. The van der Waals surface area contributed by atoms with Crippen molar-refractivity contribution in [3.05, 3.63) is 46.9 Å². The molecule has 146 valence electrons. The van der Waals surface area contributed by atoms with Crippen LogP contribution in [-0.2, 0) is 14.6 Å². The monoisotopic (exact) mass is 419 g/mol. The molecule has 1 saturated heterocycles. The van der Waals surface area contributed by atoms with Gasteiger partial charge in [0.25, 0.3) is 5.56 Å². The molecular formula is C17H17N5O4S2. The lowest BCUT2D eigenvalue weighted by molar-refractivity contribution is -0.118. The number of nitrogens with zero attached hydrogens (tertiary/aromatic N) is 3. The summed E-state index contributed by atoms with van der Waals surface area (Å²) in [5.41, 5.74) is 0.647. The first-order valence-corrected chi connectivity index (χ1v) is 11.3. The van der Waals surface area contributed by atoms with Gasteiger partial charge in [-0.3, -0.25) is 19.3 Å². The van der Waals surface area contributed by atoms with Gasteiger partial charge in [-0.15, -0.1) is 0 Å². The predicted octanol–water partition coefficient (Wildman–Crippen LogP) is 0.852. The van der Waals surface area contributed by atoms with Gasteiger partial charge in [0.05, 0.1) is 23.4 Å². The fourth-order valence-corrected chi connectivity index (χ4v) is 5.59. The molecule has 11 heteroatoms. The number of thioether (sulfide) groups is 1. The van der Waals surface area contributed by atoms with E-state index in [-0.39, 0.29) is 17.1 Å². The van der Waals surface area contributed by atoms with Crippen LogP contribution in [0.15, 0.2) is 46.5 Å². The minimum atomic E-state index is -3.27. The number of fused-ring (bicyclic) bond motifs is 1. The van der Waals surface area contributed by atoms with Gasteiger partial charge in [-0.2, -0.15) is 5.10 Å². The number of rotatable bonds is 5. The quantitative estimate of drug-likeness (QED) is 0.464. The molecule has 0 unspecified atom stereocenters. The van der Waals surface area contributed by atoms with Gasteiger partial charge < -0.3 is 5.32 Å². The van der Waals surface area contributed by atoms with Crippen molar-refractivity contribution in [1.82, 2.24) is 25.1 Å². The Labute approximate surface area is 164 Å². The van der Waals surface area contributed by atoms with Crippen molar-refractivity contribution < 1.29 is 13.2 Å². The summed E-state index contributed by atoms with van der Waals surface area (Å²) in [6.45, 7) is 0. The molecule has 3 heterocycles. The van der Waals surface area contributed by atoms with Crippen LogP contribution < -0.4 is 10.9 Å². The van der Waals surface area contributed by atoms with E-state index in [9.17, 15) is 18.0 Å². The van der Waals surface area contributed by atoms with Gasteiger partial charge in [-0.25, -0.2) is 13.4 Å². The van der Waals surface area contributed by atoms with Crippen LogP contribution in [-0.4, -0.2) is 51.0 Å². The number of amides is 1. The number of sulfone groups is 1. The number of nitrogens with one attached hydrogen (secondary N) is 2. The zero-order chi connectivity index (χ0) is 19.7. The second kappa shape index (κ2) is 7.40. The van der Waals surface area contributed by atoms with Crippen LogP contribution in [0.4, 0.5) is 0 Å². The summed E-state index contributed by atoms with van der Waals surface area (Å²) in [7, 11) is -3.27. The maximum Gasteiger partial charge on any atom is 0.269 e. The Bertz CT molecular complexity index is 1190. The number of carbonyl (C=O) groups excluding carboxylic acids is 1. The summed E-state index contributed by atoms with van der Waals surface area (Å²) in [5.74, 6) is -0.388. The van der Waals surface area contributed by atoms with Crippen LogP contribution in [0.25, 0.3) is 16.7 Å². The highest BCUT2D eigenvalue weighted by Gasteiger charge is 2.32. The fraction of sp³-hybridized carbons (Fsp3) is 0.294. The number of hydrogen-bond donors (Lipinski definition) is 2. The summed E-state index contributed by atoms with van der Waals surface area (Å²) < 4.78 is 25.2. The molecule has 3 aromatic rings. The molecule has 1 atom stereocenters. The molecule has 2 N–H and O–H groups in total. The molecule has 2 aromatic heterocycles. The zero-order valence-corrected chi connectivity index (χ0v) is 16.3. The Morgan fingerprint density at radius 1 is 1.32 bits per heavy atom. The van der Waals surface area contributed by atoms with Crippen molar-refractivity contribution in [2.45, 2.75) is 23.4 Å². The van der Waals surface area contributed by atoms with E-state index in [2.05, 4.69) is 20.5 Å². The van der Waals surface area contributed by atoms with Crippen LogP contribution in [0.5, 0.6) is 0 Å². The van der Waals surface area contributed by atoms with E-state index in [1.165, 1.54) is 10.8 Å². The standard InChI is InChI=1S/C17H17N5O4S2/c23-13(19-14-7-4-8-28(14,25)26)10-27-17-20-15-12(9-18-21-15)16(24)22(17)11-5-2-1-3-6-11/h1-3,5-6,9,14H,4,7-8,10H2,(H,18,21)(H,19,23)/t14-/m1/s1. The smallest absolute Gasteiger partial charge is 0.269 e. The van der Waals surface area contributed by atoms with E-state index >= 15 is 0 Å². The molecule has 0 saturated carbocycles. The van der Waals surface area contributed by atoms with E-state index in [0.717, 1.165) is 11.8 Å². The molecule has 1 amide bonds. The van der Waals surface area contributed by atoms with Crippen LogP contribution in [0, 0.1) is 0 Å².